The van der Waals surface area contributed by atoms with Gasteiger partial charge in [0.05, 0.1) is 6.26 Å². The van der Waals surface area contributed by atoms with E-state index in [1.165, 1.54) is 16.7 Å². The van der Waals surface area contributed by atoms with E-state index in [1.54, 1.807) is 6.26 Å². The van der Waals surface area contributed by atoms with Gasteiger partial charge in [-0.15, -0.1) is 0 Å². The minimum atomic E-state index is 0.106. The highest BCUT2D eigenvalue weighted by atomic mass is 16.5. The molecule has 0 aromatic heterocycles. The van der Waals surface area contributed by atoms with Gasteiger partial charge in [0, 0.05) is 5.57 Å². The molecule has 0 amide bonds. The van der Waals surface area contributed by atoms with Crippen LogP contribution in [0.2, 0.25) is 0 Å². The van der Waals surface area contributed by atoms with Gasteiger partial charge in [0.2, 0.25) is 0 Å². The maximum Gasteiger partial charge on any atom is 0.130 e. The second-order valence-electron chi connectivity index (χ2n) is 5.27. The van der Waals surface area contributed by atoms with Gasteiger partial charge in [0.1, 0.15) is 5.76 Å². The third-order valence-electron chi connectivity index (χ3n) is 2.72. The van der Waals surface area contributed by atoms with E-state index >= 15 is 0 Å². The third-order valence-corrected chi connectivity index (χ3v) is 2.72. The second-order valence-corrected chi connectivity index (χ2v) is 5.27. The van der Waals surface area contributed by atoms with Gasteiger partial charge in [-0.1, -0.05) is 32.4 Å². The molecule has 0 aromatic carbocycles. The van der Waals surface area contributed by atoms with Gasteiger partial charge in [-0.3, -0.25) is 0 Å². The van der Waals surface area contributed by atoms with E-state index in [1.807, 2.05) is 13.0 Å². The lowest BCUT2D eigenvalue weighted by Gasteiger charge is -2.28. The van der Waals surface area contributed by atoms with Gasteiger partial charge in [-0.2, -0.15) is 0 Å². The summed E-state index contributed by atoms with van der Waals surface area (Å²) in [5.74, 6) is 0.975. The molecular weight excluding hydrogens is 196 g/mol. The summed E-state index contributed by atoms with van der Waals surface area (Å²) in [7, 11) is 0. The van der Waals surface area contributed by atoms with E-state index in [0.29, 0.717) is 0 Å². The van der Waals surface area contributed by atoms with E-state index in [2.05, 4.69) is 46.8 Å². The fourth-order valence-electron chi connectivity index (χ4n) is 1.90. The second kappa shape index (κ2) is 4.73. The molecule has 1 aliphatic rings. The predicted molar refractivity (Wildman–Crippen MR) is 69.9 cm³/mol. The quantitative estimate of drug-likeness (QED) is 0.617. The van der Waals surface area contributed by atoms with Gasteiger partial charge in [-0.05, 0) is 43.9 Å². The summed E-state index contributed by atoms with van der Waals surface area (Å²) in [6, 6.07) is 0. The maximum absolute atomic E-state index is 5.64. The van der Waals surface area contributed by atoms with Crippen molar-refractivity contribution in [1.29, 1.82) is 0 Å². The summed E-state index contributed by atoms with van der Waals surface area (Å²) in [5, 5.41) is 0. The molecule has 16 heavy (non-hydrogen) atoms. The average molecular weight is 218 g/mol. The van der Waals surface area contributed by atoms with E-state index in [-0.39, 0.29) is 5.41 Å². The Morgan fingerprint density at radius 2 is 1.94 bits per heavy atom. The third kappa shape index (κ3) is 2.88. The van der Waals surface area contributed by atoms with Crippen LogP contribution < -0.4 is 0 Å². The molecule has 0 N–H and O–H groups in total. The zero-order chi connectivity index (χ0) is 12.3. The molecule has 1 rings (SSSR count). The zero-order valence-electron chi connectivity index (χ0n) is 11.2. The molecule has 1 heteroatoms. The predicted octanol–water partition coefficient (Wildman–Crippen LogP) is 4.74. The molecule has 0 unspecified atom stereocenters. The fourth-order valence-corrected chi connectivity index (χ4v) is 1.90. The zero-order valence-corrected chi connectivity index (χ0v) is 11.2. The van der Waals surface area contributed by atoms with E-state index in [0.717, 1.165) is 5.76 Å². The van der Waals surface area contributed by atoms with Crippen LogP contribution in [-0.4, -0.2) is 0 Å². The molecule has 1 heterocycles. The van der Waals surface area contributed by atoms with Crippen LogP contribution in [0.25, 0.3) is 0 Å². The summed E-state index contributed by atoms with van der Waals surface area (Å²) in [5.41, 5.74) is 3.90. The smallest absolute Gasteiger partial charge is 0.130 e. The number of ether oxygens (including phenoxy) is 1. The lowest BCUT2D eigenvalue weighted by atomic mass is 9.81. The summed E-state index contributed by atoms with van der Waals surface area (Å²) >= 11 is 0. The number of rotatable bonds is 1. The molecular formula is C15H22O. The van der Waals surface area contributed by atoms with Crippen LogP contribution in [-0.2, 0) is 4.74 Å². The normalized spacial score (nSPS) is 20.4. The van der Waals surface area contributed by atoms with Crippen LogP contribution in [0.5, 0.6) is 0 Å². The molecule has 88 valence electrons. The highest BCUT2D eigenvalue weighted by Crippen LogP contribution is 2.37. The lowest BCUT2D eigenvalue weighted by Crippen LogP contribution is -2.16. The first-order valence-electron chi connectivity index (χ1n) is 5.76. The van der Waals surface area contributed by atoms with Gasteiger partial charge in [0.15, 0.2) is 0 Å². The summed E-state index contributed by atoms with van der Waals surface area (Å²) < 4.78 is 5.64. The lowest BCUT2D eigenvalue weighted by molar-refractivity contribution is 0.325. The summed E-state index contributed by atoms with van der Waals surface area (Å²) in [6.45, 7) is 12.9. The monoisotopic (exact) mass is 218 g/mol. The maximum atomic E-state index is 5.64. The first kappa shape index (κ1) is 12.8. The van der Waals surface area contributed by atoms with Crippen molar-refractivity contribution >= 4 is 0 Å². The highest BCUT2D eigenvalue weighted by Gasteiger charge is 2.25. The molecule has 0 fully saturated rings. The Hall–Kier alpha value is -1.24. The Labute approximate surface area is 99.2 Å². The standard InChI is InChI=1S/C15H22O/c1-7-11(2)10-13-14(15(4,5)6)12(3)8-9-16-13/h7-10H,1-6H3/b11-7+,13-10-. The molecule has 0 atom stereocenters. The molecule has 0 bridgehead atoms. The van der Waals surface area contributed by atoms with Crippen molar-refractivity contribution in [3.05, 3.63) is 47.0 Å². The average Bonchev–Trinajstić information content (AvgIpc) is 2.15. The van der Waals surface area contributed by atoms with Crippen LogP contribution >= 0.6 is 0 Å². The molecule has 1 nitrogen and oxygen atoms in total. The van der Waals surface area contributed by atoms with Crippen LogP contribution in [0.15, 0.2) is 47.0 Å². The molecule has 0 saturated carbocycles. The Morgan fingerprint density at radius 1 is 1.31 bits per heavy atom. The number of hydrogen-bond donors (Lipinski definition) is 0. The minimum absolute atomic E-state index is 0.106. The van der Waals surface area contributed by atoms with E-state index in [4.69, 9.17) is 4.74 Å². The Bertz CT molecular complexity index is 384. The first-order valence-corrected chi connectivity index (χ1v) is 5.76. The van der Waals surface area contributed by atoms with Crippen LogP contribution in [0.3, 0.4) is 0 Å². The molecule has 0 saturated heterocycles. The van der Waals surface area contributed by atoms with Crippen LogP contribution in [0.1, 0.15) is 41.5 Å². The van der Waals surface area contributed by atoms with Gasteiger partial charge < -0.3 is 4.74 Å². The van der Waals surface area contributed by atoms with E-state index in [9.17, 15) is 0 Å². The first-order chi connectivity index (χ1) is 7.36. The molecule has 0 aromatic rings. The molecule has 1 aliphatic heterocycles. The van der Waals surface area contributed by atoms with Crippen molar-refractivity contribution in [2.24, 2.45) is 5.41 Å². The Balaban J connectivity index is 3.24. The Morgan fingerprint density at radius 3 is 2.44 bits per heavy atom. The highest BCUT2D eigenvalue weighted by molar-refractivity contribution is 5.44. The topological polar surface area (TPSA) is 9.23 Å². The van der Waals surface area contributed by atoms with E-state index < -0.39 is 0 Å². The SMILES string of the molecule is C/C=C(C)/C=C1\OC=CC(C)=C1C(C)(C)C. The largest absolute Gasteiger partial charge is 0.465 e. The molecule has 0 spiro atoms. The van der Waals surface area contributed by atoms with Gasteiger partial charge in [0.25, 0.3) is 0 Å². The number of hydrogen-bond acceptors (Lipinski definition) is 1. The molecule has 0 aliphatic carbocycles. The van der Waals surface area contributed by atoms with Crippen molar-refractivity contribution in [2.75, 3.05) is 0 Å². The minimum Gasteiger partial charge on any atom is -0.465 e. The summed E-state index contributed by atoms with van der Waals surface area (Å²) in [4.78, 5) is 0. The van der Waals surface area contributed by atoms with Crippen LogP contribution in [0, 0.1) is 5.41 Å². The van der Waals surface area contributed by atoms with Gasteiger partial charge in [-0.25, -0.2) is 0 Å². The molecule has 0 radical (unpaired) electrons. The van der Waals surface area contributed by atoms with Crippen molar-refractivity contribution in [2.45, 2.75) is 41.5 Å². The van der Waals surface area contributed by atoms with Crippen molar-refractivity contribution in [3.8, 4) is 0 Å². The van der Waals surface area contributed by atoms with Crippen molar-refractivity contribution in [3.63, 3.8) is 0 Å². The van der Waals surface area contributed by atoms with Crippen LogP contribution in [0.4, 0.5) is 0 Å². The summed E-state index contributed by atoms with van der Waals surface area (Å²) in [6.07, 6.45) is 7.99. The Kier molecular flexibility index (Phi) is 3.79. The fraction of sp³-hybridized carbons (Fsp3) is 0.467. The van der Waals surface area contributed by atoms with Gasteiger partial charge >= 0.3 is 0 Å². The van der Waals surface area contributed by atoms with Crippen molar-refractivity contribution < 1.29 is 4.74 Å². The number of allylic oxidation sites excluding steroid dienone is 6. The van der Waals surface area contributed by atoms with Crippen molar-refractivity contribution in [1.82, 2.24) is 0 Å².